The highest BCUT2D eigenvalue weighted by Gasteiger charge is 2.23. The van der Waals surface area contributed by atoms with Crippen LogP contribution in [-0.4, -0.2) is 32.7 Å². The highest BCUT2D eigenvalue weighted by molar-refractivity contribution is 7.15. The number of ether oxygens (including phenoxy) is 1. The van der Waals surface area contributed by atoms with E-state index in [1.54, 1.807) is 13.2 Å². The van der Waals surface area contributed by atoms with Gasteiger partial charge in [-0.2, -0.15) is 5.26 Å². The van der Waals surface area contributed by atoms with Crippen LogP contribution in [0.15, 0.2) is 24.3 Å². The Balaban J connectivity index is 1.83. The number of imidazole rings is 1. The lowest BCUT2D eigenvalue weighted by atomic mass is 10.1. The van der Waals surface area contributed by atoms with Crippen LogP contribution in [0.2, 0.25) is 0 Å². The molecule has 0 bridgehead atoms. The molecule has 0 amide bonds. The Labute approximate surface area is 189 Å². The fraction of sp³-hybridized carbons (Fsp3) is 0.208. The predicted octanol–water partition coefficient (Wildman–Crippen LogP) is 5.42. The quantitative estimate of drug-likeness (QED) is 0.398. The molecule has 0 aliphatic rings. The molecule has 0 unspecified atom stereocenters. The topological polar surface area (TPSA) is 104 Å². The molecule has 2 N–H and O–H groups in total. The number of carboxylic acid groups (broad SMARTS) is 1. The summed E-state index contributed by atoms with van der Waals surface area (Å²) in [5, 5.41) is 20.3. The summed E-state index contributed by atoms with van der Waals surface area (Å²) in [4.78, 5) is 20.6. The molecule has 8 heteroatoms. The zero-order valence-electron chi connectivity index (χ0n) is 18.4. The van der Waals surface area contributed by atoms with Crippen molar-refractivity contribution in [3.63, 3.8) is 0 Å². The fourth-order valence-electron chi connectivity index (χ4n) is 3.82. The number of benzene rings is 1. The molecular formula is C24H22N4O3S. The number of carboxylic acids is 1. The molecule has 32 heavy (non-hydrogen) atoms. The number of fused-ring (bicyclic) bond motifs is 1. The van der Waals surface area contributed by atoms with E-state index >= 15 is 0 Å². The maximum atomic E-state index is 11.9. The number of rotatable bonds is 5. The molecule has 3 heterocycles. The normalized spacial score (nSPS) is 11.7. The SMILES string of the molecule is COc1ccc2nc(C(C#N)=Cc3cc(C)n(-c4sc(C)c(C)c4C(=O)O)c3C)[nH]c2c1. The van der Waals surface area contributed by atoms with E-state index in [1.807, 2.05) is 56.5 Å². The number of aromatic amines is 1. The maximum Gasteiger partial charge on any atom is 0.339 e. The van der Waals surface area contributed by atoms with Crippen LogP contribution in [0.25, 0.3) is 27.7 Å². The third-order valence-corrected chi connectivity index (χ3v) is 6.81. The van der Waals surface area contributed by atoms with Gasteiger partial charge in [0.05, 0.1) is 29.3 Å². The van der Waals surface area contributed by atoms with Gasteiger partial charge in [-0.25, -0.2) is 9.78 Å². The van der Waals surface area contributed by atoms with Gasteiger partial charge in [0.1, 0.15) is 22.6 Å². The van der Waals surface area contributed by atoms with Crippen molar-refractivity contribution in [3.8, 4) is 16.8 Å². The van der Waals surface area contributed by atoms with Crippen LogP contribution in [-0.2, 0) is 0 Å². The van der Waals surface area contributed by atoms with Crippen molar-refractivity contribution in [2.24, 2.45) is 0 Å². The van der Waals surface area contributed by atoms with Crippen molar-refractivity contribution in [3.05, 3.63) is 63.0 Å². The number of nitrogens with one attached hydrogen (secondary N) is 1. The van der Waals surface area contributed by atoms with E-state index in [2.05, 4.69) is 16.0 Å². The first kappa shape index (κ1) is 21.4. The molecule has 3 aromatic heterocycles. The summed E-state index contributed by atoms with van der Waals surface area (Å²) in [7, 11) is 1.60. The van der Waals surface area contributed by atoms with Gasteiger partial charge in [-0.1, -0.05) is 0 Å². The molecule has 0 spiro atoms. The average molecular weight is 447 g/mol. The molecule has 0 saturated carbocycles. The predicted molar refractivity (Wildman–Crippen MR) is 126 cm³/mol. The summed E-state index contributed by atoms with van der Waals surface area (Å²) in [6.45, 7) is 7.61. The van der Waals surface area contributed by atoms with Gasteiger partial charge >= 0.3 is 5.97 Å². The van der Waals surface area contributed by atoms with E-state index < -0.39 is 5.97 Å². The first-order valence-electron chi connectivity index (χ1n) is 9.93. The lowest BCUT2D eigenvalue weighted by molar-refractivity contribution is 0.0696. The Kier molecular flexibility index (Phi) is 5.36. The number of nitriles is 1. The zero-order chi connectivity index (χ0) is 23.2. The van der Waals surface area contributed by atoms with Crippen molar-refractivity contribution in [2.75, 3.05) is 7.11 Å². The Morgan fingerprint density at radius 3 is 2.69 bits per heavy atom. The molecule has 0 fully saturated rings. The van der Waals surface area contributed by atoms with Crippen LogP contribution in [0.4, 0.5) is 0 Å². The van der Waals surface area contributed by atoms with E-state index in [0.717, 1.165) is 38.4 Å². The van der Waals surface area contributed by atoms with Crippen LogP contribution in [0.5, 0.6) is 5.75 Å². The smallest absolute Gasteiger partial charge is 0.339 e. The van der Waals surface area contributed by atoms with Gasteiger partial charge in [0.25, 0.3) is 0 Å². The number of hydrogen-bond donors (Lipinski definition) is 2. The summed E-state index contributed by atoms with van der Waals surface area (Å²) < 4.78 is 7.20. The lowest BCUT2D eigenvalue weighted by Gasteiger charge is -2.09. The minimum atomic E-state index is -0.943. The average Bonchev–Trinajstić information content (AvgIpc) is 3.39. The molecule has 0 atom stereocenters. The lowest BCUT2D eigenvalue weighted by Crippen LogP contribution is -2.06. The molecule has 0 aliphatic carbocycles. The maximum absolute atomic E-state index is 11.9. The second-order valence-electron chi connectivity index (χ2n) is 7.57. The molecular weight excluding hydrogens is 424 g/mol. The highest BCUT2D eigenvalue weighted by Crippen LogP contribution is 2.35. The zero-order valence-corrected chi connectivity index (χ0v) is 19.2. The largest absolute Gasteiger partial charge is 0.497 e. The Morgan fingerprint density at radius 1 is 1.28 bits per heavy atom. The molecule has 162 valence electrons. The summed E-state index contributed by atoms with van der Waals surface area (Å²) in [6.07, 6.45) is 1.78. The summed E-state index contributed by atoms with van der Waals surface area (Å²) in [6, 6.07) is 9.68. The van der Waals surface area contributed by atoms with Crippen molar-refractivity contribution < 1.29 is 14.6 Å². The third-order valence-electron chi connectivity index (χ3n) is 5.62. The minimum absolute atomic E-state index is 0.316. The number of methoxy groups -OCH3 is 1. The number of nitrogens with zero attached hydrogens (tertiary/aromatic N) is 3. The van der Waals surface area contributed by atoms with Gasteiger partial charge in [0.15, 0.2) is 0 Å². The number of thiophene rings is 1. The van der Waals surface area contributed by atoms with Gasteiger partial charge in [-0.15, -0.1) is 11.3 Å². The van der Waals surface area contributed by atoms with Crippen LogP contribution < -0.4 is 4.74 Å². The first-order valence-corrected chi connectivity index (χ1v) is 10.7. The molecule has 4 aromatic rings. The second-order valence-corrected chi connectivity index (χ2v) is 8.77. The second kappa shape index (κ2) is 8.02. The van der Waals surface area contributed by atoms with Crippen LogP contribution in [0.1, 0.15) is 43.6 Å². The van der Waals surface area contributed by atoms with Gasteiger partial charge in [0, 0.05) is 22.3 Å². The Morgan fingerprint density at radius 2 is 2.03 bits per heavy atom. The number of carbonyl (C=O) groups is 1. The number of aromatic carboxylic acids is 1. The number of allylic oxidation sites excluding steroid dienone is 1. The number of aryl methyl sites for hydroxylation is 2. The molecule has 0 saturated heterocycles. The first-order chi connectivity index (χ1) is 15.2. The highest BCUT2D eigenvalue weighted by atomic mass is 32.1. The Bertz CT molecular complexity index is 1450. The van der Waals surface area contributed by atoms with Crippen molar-refractivity contribution in [2.45, 2.75) is 27.7 Å². The van der Waals surface area contributed by atoms with E-state index in [-0.39, 0.29) is 0 Å². The number of hydrogen-bond acceptors (Lipinski definition) is 5. The fourth-order valence-corrected chi connectivity index (χ4v) is 5.08. The van der Waals surface area contributed by atoms with E-state index in [0.29, 0.717) is 27.7 Å². The molecule has 0 aliphatic heterocycles. The monoisotopic (exact) mass is 446 g/mol. The van der Waals surface area contributed by atoms with E-state index in [4.69, 9.17) is 4.74 Å². The molecule has 1 aromatic carbocycles. The molecule has 0 radical (unpaired) electrons. The number of H-pyrrole nitrogens is 1. The summed E-state index contributed by atoms with van der Waals surface area (Å²) >= 11 is 1.46. The van der Waals surface area contributed by atoms with Crippen molar-refractivity contribution >= 4 is 40.0 Å². The molecule has 4 rings (SSSR count). The van der Waals surface area contributed by atoms with Crippen molar-refractivity contribution in [1.82, 2.24) is 14.5 Å². The van der Waals surface area contributed by atoms with Gasteiger partial charge in [-0.05, 0) is 63.1 Å². The summed E-state index contributed by atoms with van der Waals surface area (Å²) in [5.41, 5.74) is 5.58. The number of aromatic nitrogens is 3. The standard InChI is InChI=1S/C24H22N4O3S/c1-12-8-16(14(3)28(12)23-21(24(29)30)13(2)15(4)32-23)9-17(11-25)22-26-19-7-6-18(31-5)10-20(19)27-22/h6-10H,1-5H3,(H,26,27)(H,29,30). The van der Waals surface area contributed by atoms with Crippen LogP contribution in [0, 0.1) is 39.0 Å². The van der Waals surface area contributed by atoms with E-state index in [1.165, 1.54) is 11.3 Å². The van der Waals surface area contributed by atoms with Gasteiger partial charge in [-0.3, -0.25) is 0 Å². The molecule has 7 nitrogen and oxygen atoms in total. The Hall–Kier alpha value is -3.83. The van der Waals surface area contributed by atoms with Gasteiger partial charge < -0.3 is 19.4 Å². The minimum Gasteiger partial charge on any atom is -0.497 e. The van der Waals surface area contributed by atoms with Crippen LogP contribution in [0.3, 0.4) is 0 Å². The summed E-state index contributed by atoms with van der Waals surface area (Å²) in [5.74, 6) is 0.228. The third kappa shape index (κ3) is 3.47. The van der Waals surface area contributed by atoms with Gasteiger partial charge in [0.2, 0.25) is 0 Å². The van der Waals surface area contributed by atoms with E-state index in [9.17, 15) is 15.2 Å². The van der Waals surface area contributed by atoms with Crippen molar-refractivity contribution in [1.29, 1.82) is 5.26 Å². The van der Waals surface area contributed by atoms with Crippen LogP contribution >= 0.6 is 11.3 Å².